The number of ether oxygens (including phenoxy) is 1. The average molecular weight is 347 g/mol. The first-order valence-electron chi connectivity index (χ1n) is 7.66. The summed E-state index contributed by atoms with van der Waals surface area (Å²) < 4.78 is 32.4. The summed E-state index contributed by atoms with van der Waals surface area (Å²) in [7, 11) is 0. The second-order valence-corrected chi connectivity index (χ2v) is 7.04. The number of benzene rings is 1. The molecule has 2 unspecified atom stereocenters. The van der Waals surface area contributed by atoms with E-state index in [4.69, 9.17) is 4.74 Å². The Labute approximate surface area is 141 Å². The van der Waals surface area contributed by atoms with E-state index in [-0.39, 0.29) is 12.1 Å². The summed E-state index contributed by atoms with van der Waals surface area (Å²) in [5, 5.41) is 4.36. The van der Waals surface area contributed by atoms with E-state index in [0.717, 1.165) is 33.4 Å². The molecule has 1 aliphatic heterocycles. The molecular weight excluding hydrogens is 332 g/mol. The van der Waals surface area contributed by atoms with E-state index < -0.39 is 11.6 Å². The molecule has 0 bridgehead atoms. The van der Waals surface area contributed by atoms with Crippen LogP contribution in [-0.2, 0) is 4.74 Å². The van der Waals surface area contributed by atoms with Crippen LogP contribution in [0.3, 0.4) is 0 Å². The molecule has 0 amide bonds. The first-order chi connectivity index (χ1) is 11.6. The van der Waals surface area contributed by atoms with Gasteiger partial charge in [0, 0.05) is 11.5 Å². The lowest BCUT2D eigenvalue weighted by Crippen LogP contribution is -2.24. The lowest BCUT2D eigenvalue weighted by molar-refractivity contribution is 0.107. The van der Waals surface area contributed by atoms with E-state index in [0.29, 0.717) is 12.2 Å². The van der Waals surface area contributed by atoms with Gasteiger partial charge in [0.05, 0.1) is 11.4 Å². The van der Waals surface area contributed by atoms with Crippen LogP contribution in [0.1, 0.15) is 23.0 Å². The monoisotopic (exact) mass is 347 g/mol. The minimum absolute atomic E-state index is 0.0619. The second-order valence-electron chi connectivity index (χ2n) is 5.80. The van der Waals surface area contributed by atoms with Crippen molar-refractivity contribution in [2.75, 3.05) is 11.9 Å². The molecule has 4 rings (SSSR count). The smallest absolute Gasteiger partial charge is 0.159 e. The van der Waals surface area contributed by atoms with Gasteiger partial charge in [0.1, 0.15) is 23.1 Å². The molecule has 3 aromatic rings. The number of anilines is 1. The van der Waals surface area contributed by atoms with E-state index >= 15 is 0 Å². The molecule has 2 atom stereocenters. The van der Waals surface area contributed by atoms with Crippen molar-refractivity contribution >= 4 is 27.4 Å². The van der Waals surface area contributed by atoms with Crippen molar-refractivity contribution in [2.45, 2.75) is 25.5 Å². The van der Waals surface area contributed by atoms with Crippen molar-refractivity contribution in [3.05, 3.63) is 52.7 Å². The number of nitrogens with one attached hydrogen (secondary N) is 1. The zero-order valence-corrected chi connectivity index (χ0v) is 13.7. The summed E-state index contributed by atoms with van der Waals surface area (Å²) >= 11 is 1.61. The van der Waals surface area contributed by atoms with Gasteiger partial charge < -0.3 is 10.1 Å². The fourth-order valence-corrected chi connectivity index (χ4v) is 3.87. The number of aryl methyl sites for hydroxylation is 1. The molecule has 24 heavy (non-hydrogen) atoms. The molecule has 0 saturated carbocycles. The van der Waals surface area contributed by atoms with Crippen LogP contribution in [0.5, 0.6) is 0 Å². The molecule has 4 nitrogen and oxygen atoms in total. The molecule has 2 aromatic heterocycles. The van der Waals surface area contributed by atoms with Crippen LogP contribution in [0, 0.1) is 18.6 Å². The maximum absolute atomic E-state index is 13.5. The van der Waals surface area contributed by atoms with Gasteiger partial charge in [-0.3, -0.25) is 0 Å². The third-order valence-electron chi connectivity index (χ3n) is 4.14. The molecule has 7 heteroatoms. The fraction of sp³-hybridized carbons (Fsp3) is 0.294. The first-order valence-corrected chi connectivity index (χ1v) is 8.48. The van der Waals surface area contributed by atoms with Gasteiger partial charge in [-0.25, -0.2) is 18.7 Å². The number of rotatable bonds is 3. The zero-order chi connectivity index (χ0) is 16.7. The van der Waals surface area contributed by atoms with Crippen molar-refractivity contribution in [1.82, 2.24) is 9.97 Å². The first kappa shape index (κ1) is 15.4. The van der Waals surface area contributed by atoms with E-state index in [1.54, 1.807) is 17.4 Å². The lowest BCUT2D eigenvalue weighted by Gasteiger charge is -2.21. The molecule has 1 N–H and O–H groups in total. The Bertz CT molecular complexity index is 899. The van der Waals surface area contributed by atoms with Gasteiger partial charge in [-0.1, -0.05) is 6.07 Å². The quantitative estimate of drug-likeness (QED) is 0.771. The van der Waals surface area contributed by atoms with Crippen molar-refractivity contribution < 1.29 is 13.5 Å². The van der Waals surface area contributed by atoms with Crippen molar-refractivity contribution in [3.8, 4) is 0 Å². The molecule has 0 radical (unpaired) electrons. The summed E-state index contributed by atoms with van der Waals surface area (Å²) in [6, 6.07) is 5.88. The Morgan fingerprint density at radius 3 is 2.92 bits per heavy atom. The summed E-state index contributed by atoms with van der Waals surface area (Å²) in [5.74, 6) is -0.973. The van der Waals surface area contributed by atoms with E-state index in [2.05, 4.69) is 15.3 Å². The third kappa shape index (κ3) is 2.74. The second kappa shape index (κ2) is 6.07. The van der Waals surface area contributed by atoms with E-state index in [1.807, 2.05) is 13.0 Å². The molecule has 0 spiro atoms. The van der Waals surface area contributed by atoms with E-state index in [1.165, 1.54) is 12.4 Å². The largest absolute Gasteiger partial charge is 0.371 e. The summed E-state index contributed by atoms with van der Waals surface area (Å²) in [6.07, 6.45) is 1.95. The minimum Gasteiger partial charge on any atom is -0.371 e. The molecule has 0 aliphatic carbocycles. The summed E-state index contributed by atoms with van der Waals surface area (Å²) in [5.41, 5.74) is 0.621. The Kier molecular flexibility index (Phi) is 3.90. The van der Waals surface area contributed by atoms with Crippen LogP contribution in [0.2, 0.25) is 0 Å². The minimum atomic E-state index is -0.861. The zero-order valence-electron chi connectivity index (χ0n) is 12.9. The molecule has 1 aliphatic rings. The predicted molar refractivity (Wildman–Crippen MR) is 89.2 cm³/mol. The SMILES string of the molecule is Cc1cc2c(NC3CCOC3c3ccc(F)c(F)c3)ncnc2s1. The summed E-state index contributed by atoms with van der Waals surface area (Å²) in [4.78, 5) is 10.7. The standard InChI is InChI=1S/C17H15F2N3OS/c1-9-6-11-16(20-8-21-17(11)24-9)22-14-4-5-23-15(14)10-2-3-12(18)13(19)7-10/h2-3,6-8,14-15H,4-5H2,1H3,(H,20,21,22). The van der Waals surface area contributed by atoms with Crippen LogP contribution in [-0.4, -0.2) is 22.6 Å². The van der Waals surface area contributed by atoms with Gasteiger partial charge in [-0.2, -0.15) is 0 Å². The van der Waals surface area contributed by atoms with Crippen LogP contribution in [0.15, 0.2) is 30.6 Å². The van der Waals surface area contributed by atoms with Crippen LogP contribution >= 0.6 is 11.3 Å². The average Bonchev–Trinajstić information content (AvgIpc) is 3.16. The maximum atomic E-state index is 13.5. The molecule has 1 aromatic carbocycles. The van der Waals surface area contributed by atoms with Crippen LogP contribution in [0.25, 0.3) is 10.2 Å². The number of nitrogens with zero attached hydrogens (tertiary/aromatic N) is 2. The molecule has 124 valence electrons. The van der Waals surface area contributed by atoms with Crippen molar-refractivity contribution in [1.29, 1.82) is 0 Å². The number of fused-ring (bicyclic) bond motifs is 1. The summed E-state index contributed by atoms with van der Waals surface area (Å²) in [6.45, 7) is 2.58. The van der Waals surface area contributed by atoms with Gasteiger partial charge in [0.25, 0.3) is 0 Å². The molecule has 1 fully saturated rings. The topological polar surface area (TPSA) is 47.0 Å². The molecule has 3 heterocycles. The Morgan fingerprint density at radius 1 is 1.21 bits per heavy atom. The highest BCUT2D eigenvalue weighted by Gasteiger charge is 2.31. The highest BCUT2D eigenvalue weighted by Crippen LogP contribution is 2.34. The lowest BCUT2D eigenvalue weighted by atomic mass is 10.0. The Balaban J connectivity index is 1.64. The van der Waals surface area contributed by atoms with Crippen LogP contribution in [0.4, 0.5) is 14.6 Å². The number of thiophene rings is 1. The number of hydrogen-bond donors (Lipinski definition) is 1. The highest BCUT2D eigenvalue weighted by molar-refractivity contribution is 7.18. The van der Waals surface area contributed by atoms with Gasteiger partial charge in [-0.05, 0) is 37.1 Å². The number of hydrogen-bond acceptors (Lipinski definition) is 5. The van der Waals surface area contributed by atoms with Crippen molar-refractivity contribution in [3.63, 3.8) is 0 Å². The molecule has 1 saturated heterocycles. The van der Waals surface area contributed by atoms with Gasteiger partial charge in [0.2, 0.25) is 0 Å². The number of aromatic nitrogens is 2. The predicted octanol–water partition coefficient (Wildman–Crippen LogP) is 4.22. The van der Waals surface area contributed by atoms with Gasteiger partial charge in [0.15, 0.2) is 11.6 Å². The number of halogens is 2. The molecular formula is C17H15F2N3OS. The third-order valence-corrected chi connectivity index (χ3v) is 5.10. The highest BCUT2D eigenvalue weighted by atomic mass is 32.1. The maximum Gasteiger partial charge on any atom is 0.159 e. The Morgan fingerprint density at radius 2 is 2.08 bits per heavy atom. The van der Waals surface area contributed by atoms with Gasteiger partial charge in [-0.15, -0.1) is 11.3 Å². The van der Waals surface area contributed by atoms with E-state index in [9.17, 15) is 8.78 Å². The Hall–Kier alpha value is -2.12. The van der Waals surface area contributed by atoms with Gasteiger partial charge >= 0.3 is 0 Å². The fourth-order valence-electron chi connectivity index (χ4n) is 3.02. The van der Waals surface area contributed by atoms with Crippen LogP contribution < -0.4 is 5.32 Å². The normalized spacial score (nSPS) is 20.6. The van der Waals surface area contributed by atoms with Crippen molar-refractivity contribution in [2.24, 2.45) is 0 Å².